The quantitative estimate of drug-likeness (QED) is 0.419. The van der Waals surface area contributed by atoms with E-state index in [2.05, 4.69) is 6.92 Å². The molecule has 0 aliphatic rings. The number of carbonyl (C=O) groups is 1. The highest BCUT2D eigenvalue weighted by atomic mass is 35.5. The number of carboxylic acid groups (broad SMARTS) is 1. The maximum absolute atomic E-state index is 10.9. The summed E-state index contributed by atoms with van der Waals surface area (Å²) in [5.74, 6) is -2.91. The first-order valence-corrected chi connectivity index (χ1v) is 6.53. The summed E-state index contributed by atoms with van der Waals surface area (Å²) < 4.78 is 0. The smallest absolute Gasteiger partial charge is 0.354 e. The van der Waals surface area contributed by atoms with Gasteiger partial charge in [-0.3, -0.25) is 16.4 Å². The van der Waals surface area contributed by atoms with E-state index >= 15 is 0 Å². The van der Waals surface area contributed by atoms with Crippen LogP contribution in [-0.4, -0.2) is 34.9 Å². The fourth-order valence-electron chi connectivity index (χ4n) is 1.82. The lowest BCUT2D eigenvalue weighted by molar-refractivity contribution is -0.151. The number of nitrogens with zero attached hydrogens (tertiary/aromatic N) is 1. The molecule has 0 saturated carbocycles. The maximum Gasteiger partial charge on any atom is 0.354 e. The van der Waals surface area contributed by atoms with Crippen LogP contribution in [0, 0.1) is 0 Å². The van der Waals surface area contributed by atoms with Crippen LogP contribution in [0.5, 0.6) is 0 Å². The maximum atomic E-state index is 10.9. The second-order valence-corrected chi connectivity index (χ2v) is 4.48. The second-order valence-electron chi connectivity index (χ2n) is 4.48. The summed E-state index contributed by atoms with van der Waals surface area (Å²) in [7, 11) is 0. The third-order valence-corrected chi connectivity index (χ3v) is 3.03. The van der Waals surface area contributed by atoms with E-state index in [9.17, 15) is 4.79 Å². The predicted molar refractivity (Wildman–Crippen MR) is 76.6 cm³/mol. The van der Waals surface area contributed by atoms with E-state index in [1.165, 1.54) is 25.7 Å². The van der Waals surface area contributed by atoms with E-state index in [4.69, 9.17) is 16.6 Å². The number of aliphatic carboxylic acids is 1. The molecule has 0 aromatic heterocycles. The first-order valence-electron chi connectivity index (χ1n) is 6.53. The minimum Gasteiger partial charge on any atom is -0.478 e. The first kappa shape index (κ1) is 20.0. The van der Waals surface area contributed by atoms with Gasteiger partial charge in [0.2, 0.25) is 5.79 Å². The summed E-state index contributed by atoms with van der Waals surface area (Å²) in [6.07, 6.45) is 6.99. The fourth-order valence-corrected chi connectivity index (χ4v) is 1.82. The minimum absolute atomic E-state index is 0. The molecule has 0 rings (SSSR count). The molecule has 0 unspecified atom stereocenters. The Hall–Kier alpha value is -0.360. The number of rotatable bonds is 10. The third-order valence-electron chi connectivity index (χ3n) is 3.03. The van der Waals surface area contributed by atoms with Crippen molar-refractivity contribution >= 4 is 18.4 Å². The largest absolute Gasteiger partial charge is 0.478 e. The van der Waals surface area contributed by atoms with Gasteiger partial charge in [-0.1, -0.05) is 46.0 Å². The Bertz CT molecular complexity index is 225. The molecule has 0 aromatic rings. The summed E-state index contributed by atoms with van der Waals surface area (Å²) in [5, 5.41) is 8.92. The lowest BCUT2D eigenvalue weighted by Gasteiger charge is -2.33. The van der Waals surface area contributed by atoms with Gasteiger partial charge in [-0.25, -0.2) is 4.79 Å². The molecule has 0 heterocycles. The molecule has 0 amide bonds. The van der Waals surface area contributed by atoms with Crippen LogP contribution < -0.4 is 11.5 Å². The topological polar surface area (TPSA) is 92.6 Å². The Morgan fingerprint density at radius 1 is 1.11 bits per heavy atom. The number of carboxylic acids is 1. The van der Waals surface area contributed by atoms with Crippen LogP contribution in [0.4, 0.5) is 0 Å². The molecule has 0 spiro atoms. The first-order chi connectivity index (χ1) is 7.96. The van der Waals surface area contributed by atoms with Crippen LogP contribution in [0.3, 0.4) is 0 Å². The van der Waals surface area contributed by atoms with Gasteiger partial charge in [-0.2, -0.15) is 0 Å². The van der Waals surface area contributed by atoms with Crippen molar-refractivity contribution in [3.8, 4) is 0 Å². The summed E-state index contributed by atoms with van der Waals surface area (Å²) in [6, 6.07) is 0. The monoisotopic (exact) mass is 281 g/mol. The Morgan fingerprint density at radius 3 is 2.06 bits per heavy atom. The molecule has 0 saturated heterocycles. The van der Waals surface area contributed by atoms with Crippen molar-refractivity contribution in [3.63, 3.8) is 0 Å². The van der Waals surface area contributed by atoms with Crippen molar-refractivity contribution in [2.45, 2.75) is 58.2 Å². The molecule has 5 nitrogen and oxygen atoms in total. The summed E-state index contributed by atoms with van der Waals surface area (Å²) >= 11 is 0. The Balaban J connectivity index is 0. The van der Waals surface area contributed by atoms with Crippen LogP contribution in [0.2, 0.25) is 0 Å². The Kier molecular flexibility index (Phi) is 11.7. The van der Waals surface area contributed by atoms with E-state index in [0.717, 1.165) is 12.8 Å². The van der Waals surface area contributed by atoms with Gasteiger partial charge >= 0.3 is 5.97 Å². The number of hydrogen-bond donors (Lipinski definition) is 3. The predicted octanol–water partition coefficient (Wildman–Crippen LogP) is 1.75. The lowest BCUT2D eigenvalue weighted by atomic mass is 10.1. The fraction of sp³-hybridized carbons (Fsp3) is 0.917. The zero-order chi connectivity index (χ0) is 13.3. The molecule has 0 aliphatic heterocycles. The van der Waals surface area contributed by atoms with E-state index < -0.39 is 11.8 Å². The van der Waals surface area contributed by atoms with Gasteiger partial charge in [0.25, 0.3) is 0 Å². The number of halogens is 1. The minimum atomic E-state index is -1.74. The van der Waals surface area contributed by atoms with E-state index in [0.29, 0.717) is 13.1 Å². The van der Waals surface area contributed by atoms with E-state index in [-0.39, 0.29) is 12.4 Å². The number of unbranched alkanes of at least 4 members (excludes halogenated alkanes) is 5. The Morgan fingerprint density at radius 2 is 1.61 bits per heavy atom. The highest BCUT2D eigenvalue weighted by molar-refractivity contribution is 5.85. The molecule has 0 aliphatic carbocycles. The highest BCUT2D eigenvalue weighted by Crippen LogP contribution is 2.08. The molecule has 0 bridgehead atoms. The van der Waals surface area contributed by atoms with Gasteiger partial charge in [0.05, 0.1) is 0 Å². The molecule has 110 valence electrons. The van der Waals surface area contributed by atoms with Crippen molar-refractivity contribution in [2.75, 3.05) is 13.1 Å². The third kappa shape index (κ3) is 7.16. The number of hydrogen-bond acceptors (Lipinski definition) is 4. The SMILES string of the molecule is CCCCCCCCN(CC)C(N)(N)C(=O)O.Cl. The van der Waals surface area contributed by atoms with Crippen LogP contribution in [0.25, 0.3) is 0 Å². The molecule has 6 heteroatoms. The zero-order valence-corrected chi connectivity index (χ0v) is 12.3. The van der Waals surface area contributed by atoms with Gasteiger partial charge in [0.15, 0.2) is 0 Å². The summed E-state index contributed by atoms with van der Waals surface area (Å²) in [4.78, 5) is 12.5. The highest BCUT2D eigenvalue weighted by Gasteiger charge is 2.34. The lowest BCUT2D eigenvalue weighted by Crippen LogP contribution is -2.68. The molecule has 0 fully saturated rings. The van der Waals surface area contributed by atoms with Gasteiger partial charge in [-0.05, 0) is 13.0 Å². The zero-order valence-electron chi connectivity index (χ0n) is 11.5. The molecular weight excluding hydrogens is 254 g/mol. The van der Waals surface area contributed by atoms with Crippen LogP contribution in [0.1, 0.15) is 52.4 Å². The van der Waals surface area contributed by atoms with Gasteiger partial charge in [0, 0.05) is 6.54 Å². The van der Waals surface area contributed by atoms with Crippen LogP contribution >= 0.6 is 12.4 Å². The molecule has 0 atom stereocenters. The molecule has 0 radical (unpaired) electrons. The second kappa shape index (κ2) is 10.6. The average Bonchev–Trinajstić information content (AvgIpc) is 2.27. The normalized spacial score (nSPS) is 11.4. The molecule has 18 heavy (non-hydrogen) atoms. The van der Waals surface area contributed by atoms with Crippen molar-refractivity contribution < 1.29 is 9.90 Å². The Labute approximate surface area is 116 Å². The molecule has 0 aromatic carbocycles. The van der Waals surface area contributed by atoms with Crippen molar-refractivity contribution in [1.82, 2.24) is 4.90 Å². The van der Waals surface area contributed by atoms with Crippen molar-refractivity contribution in [2.24, 2.45) is 11.5 Å². The molecule has 5 N–H and O–H groups in total. The van der Waals surface area contributed by atoms with Gasteiger partial charge < -0.3 is 5.11 Å². The summed E-state index contributed by atoms with van der Waals surface area (Å²) in [6.45, 7) is 5.24. The van der Waals surface area contributed by atoms with Gasteiger partial charge in [-0.15, -0.1) is 12.4 Å². The standard InChI is InChI=1S/C12H27N3O2.ClH/c1-3-5-6-7-8-9-10-15(4-2)12(13,14)11(16)17;/h3-10,13-14H2,1-2H3,(H,16,17);1H. The number of likely N-dealkylation sites (N-methyl/N-ethyl adjacent to an activating group) is 1. The number of nitrogens with two attached hydrogens (primary N) is 2. The van der Waals surface area contributed by atoms with E-state index in [1.54, 1.807) is 4.90 Å². The van der Waals surface area contributed by atoms with E-state index in [1.807, 2.05) is 6.92 Å². The van der Waals surface area contributed by atoms with Crippen LogP contribution in [0.15, 0.2) is 0 Å². The average molecular weight is 282 g/mol. The summed E-state index contributed by atoms with van der Waals surface area (Å²) in [5.41, 5.74) is 11.2. The molecular formula is C12H28ClN3O2. The van der Waals surface area contributed by atoms with Crippen molar-refractivity contribution in [1.29, 1.82) is 0 Å². The van der Waals surface area contributed by atoms with Crippen LogP contribution in [-0.2, 0) is 4.79 Å². The van der Waals surface area contributed by atoms with Gasteiger partial charge in [0.1, 0.15) is 0 Å². The van der Waals surface area contributed by atoms with Crippen molar-refractivity contribution in [3.05, 3.63) is 0 Å².